The monoisotopic (exact) mass is 338 g/mol. The van der Waals surface area contributed by atoms with Gasteiger partial charge >= 0.3 is 0 Å². The van der Waals surface area contributed by atoms with E-state index in [-0.39, 0.29) is 11.6 Å². The number of aryl methyl sites for hydroxylation is 1. The standard InChI is InChI=1S/C20H19FN2O2/c1-13-6-2-5-9-16(13)19-20(25-15-7-3-4-8-15)22-17-11-10-14(21)12-18(17)23(19)24/h2,5-6,9-12,15H,3-4,7-8H2,1H3. The number of rotatable bonds is 3. The Labute approximate surface area is 145 Å². The van der Waals surface area contributed by atoms with Crippen LogP contribution in [0.25, 0.3) is 22.3 Å². The molecule has 0 spiro atoms. The zero-order chi connectivity index (χ0) is 17.4. The van der Waals surface area contributed by atoms with E-state index in [1.54, 1.807) is 0 Å². The van der Waals surface area contributed by atoms with Crippen LogP contribution >= 0.6 is 0 Å². The van der Waals surface area contributed by atoms with Gasteiger partial charge < -0.3 is 9.94 Å². The Hall–Kier alpha value is -2.69. The van der Waals surface area contributed by atoms with Crippen LogP contribution in [0.15, 0.2) is 42.5 Å². The molecule has 0 atom stereocenters. The van der Waals surface area contributed by atoms with E-state index in [1.807, 2.05) is 31.2 Å². The van der Waals surface area contributed by atoms with Crippen molar-refractivity contribution in [3.05, 3.63) is 59.1 Å². The second-order valence-corrected chi connectivity index (χ2v) is 6.53. The predicted octanol–water partition coefficient (Wildman–Crippen LogP) is 4.30. The van der Waals surface area contributed by atoms with Crippen LogP contribution in [0.1, 0.15) is 31.2 Å². The van der Waals surface area contributed by atoms with Crippen molar-refractivity contribution in [2.45, 2.75) is 38.7 Å². The molecular formula is C20H19FN2O2. The van der Waals surface area contributed by atoms with Crippen molar-refractivity contribution in [2.24, 2.45) is 0 Å². The normalized spacial score (nSPS) is 15.0. The van der Waals surface area contributed by atoms with Crippen molar-refractivity contribution in [1.29, 1.82) is 0 Å². The molecule has 0 aliphatic heterocycles. The van der Waals surface area contributed by atoms with E-state index in [4.69, 9.17) is 4.74 Å². The maximum Gasteiger partial charge on any atom is 0.291 e. The van der Waals surface area contributed by atoms with E-state index in [2.05, 4.69) is 4.98 Å². The van der Waals surface area contributed by atoms with Crippen molar-refractivity contribution >= 4 is 11.0 Å². The fourth-order valence-electron chi connectivity index (χ4n) is 3.43. The van der Waals surface area contributed by atoms with Gasteiger partial charge in [0.2, 0.25) is 5.52 Å². The Kier molecular flexibility index (Phi) is 3.99. The molecule has 0 unspecified atom stereocenters. The SMILES string of the molecule is Cc1ccccc1-c1c(OC2CCCC2)nc2ccc(F)cc2[n+]1[O-]. The van der Waals surface area contributed by atoms with Crippen LogP contribution in [0.2, 0.25) is 0 Å². The number of aromatic nitrogens is 2. The summed E-state index contributed by atoms with van der Waals surface area (Å²) in [6, 6.07) is 11.6. The Morgan fingerprint density at radius 1 is 1.16 bits per heavy atom. The van der Waals surface area contributed by atoms with Gasteiger partial charge in [-0.15, -0.1) is 0 Å². The number of benzene rings is 2. The quantitative estimate of drug-likeness (QED) is 0.528. The molecule has 0 bridgehead atoms. The average molecular weight is 338 g/mol. The Bertz CT molecular complexity index is 936. The first-order valence-electron chi connectivity index (χ1n) is 8.59. The number of nitrogens with zero attached hydrogens (tertiary/aromatic N) is 2. The van der Waals surface area contributed by atoms with E-state index in [0.717, 1.165) is 41.5 Å². The summed E-state index contributed by atoms with van der Waals surface area (Å²) >= 11 is 0. The summed E-state index contributed by atoms with van der Waals surface area (Å²) in [6.07, 6.45) is 4.26. The molecule has 1 aliphatic carbocycles. The largest absolute Gasteiger partial charge is 0.618 e. The molecule has 1 fully saturated rings. The van der Waals surface area contributed by atoms with Gasteiger partial charge in [-0.25, -0.2) is 9.37 Å². The molecule has 128 valence electrons. The minimum absolute atomic E-state index is 0.0770. The summed E-state index contributed by atoms with van der Waals surface area (Å²) in [5.41, 5.74) is 2.69. The van der Waals surface area contributed by atoms with Gasteiger partial charge in [0.1, 0.15) is 17.4 Å². The van der Waals surface area contributed by atoms with Gasteiger partial charge in [0.05, 0.1) is 5.56 Å². The lowest BCUT2D eigenvalue weighted by atomic mass is 10.1. The van der Waals surface area contributed by atoms with E-state index in [0.29, 0.717) is 17.1 Å². The molecule has 3 aromatic rings. The summed E-state index contributed by atoms with van der Waals surface area (Å²) in [6.45, 7) is 1.93. The maximum atomic E-state index is 13.6. The summed E-state index contributed by atoms with van der Waals surface area (Å²) < 4.78 is 20.5. The molecule has 1 aliphatic rings. The Balaban J connectivity index is 1.95. The average Bonchev–Trinajstić information content (AvgIpc) is 3.10. The van der Waals surface area contributed by atoms with E-state index in [1.165, 1.54) is 18.2 Å². The van der Waals surface area contributed by atoms with Crippen molar-refractivity contribution in [1.82, 2.24) is 4.98 Å². The first-order chi connectivity index (χ1) is 12.1. The molecule has 0 radical (unpaired) electrons. The number of hydrogen-bond donors (Lipinski definition) is 0. The van der Waals surface area contributed by atoms with Gasteiger partial charge in [-0.1, -0.05) is 18.2 Å². The number of hydrogen-bond acceptors (Lipinski definition) is 3. The lowest BCUT2D eigenvalue weighted by Gasteiger charge is -2.17. The van der Waals surface area contributed by atoms with Gasteiger partial charge in [0.15, 0.2) is 0 Å². The molecule has 25 heavy (non-hydrogen) atoms. The van der Waals surface area contributed by atoms with Crippen LogP contribution in [0.4, 0.5) is 4.39 Å². The topological polar surface area (TPSA) is 49.1 Å². The number of ether oxygens (including phenoxy) is 1. The predicted molar refractivity (Wildman–Crippen MR) is 93.7 cm³/mol. The van der Waals surface area contributed by atoms with E-state index >= 15 is 0 Å². The van der Waals surface area contributed by atoms with Gasteiger partial charge in [0.25, 0.3) is 11.6 Å². The number of halogens is 1. The molecule has 0 N–H and O–H groups in total. The molecule has 4 nitrogen and oxygen atoms in total. The van der Waals surface area contributed by atoms with Crippen molar-refractivity contribution in [2.75, 3.05) is 0 Å². The smallest absolute Gasteiger partial charge is 0.291 e. The second kappa shape index (κ2) is 6.31. The lowest BCUT2D eigenvalue weighted by molar-refractivity contribution is -0.566. The zero-order valence-corrected chi connectivity index (χ0v) is 14.0. The number of fused-ring (bicyclic) bond motifs is 1. The van der Waals surface area contributed by atoms with Crippen molar-refractivity contribution < 1.29 is 13.9 Å². The molecule has 1 saturated carbocycles. The first-order valence-corrected chi connectivity index (χ1v) is 8.59. The van der Waals surface area contributed by atoms with Crippen LogP contribution in [-0.4, -0.2) is 11.1 Å². The fraction of sp³-hybridized carbons (Fsp3) is 0.300. The van der Waals surface area contributed by atoms with Crippen LogP contribution in [-0.2, 0) is 0 Å². The van der Waals surface area contributed by atoms with Gasteiger partial charge in [-0.05, 0) is 56.4 Å². The third-order valence-electron chi connectivity index (χ3n) is 4.76. The van der Waals surface area contributed by atoms with Crippen LogP contribution in [0.3, 0.4) is 0 Å². The molecule has 5 heteroatoms. The Morgan fingerprint density at radius 2 is 1.92 bits per heavy atom. The summed E-state index contributed by atoms with van der Waals surface area (Å²) in [5.74, 6) is -0.130. The van der Waals surface area contributed by atoms with Crippen LogP contribution in [0, 0.1) is 17.9 Å². The van der Waals surface area contributed by atoms with Crippen LogP contribution in [0.5, 0.6) is 5.88 Å². The van der Waals surface area contributed by atoms with E-state index in [9.17, 15) is 9.60 Å². The summed E-state index contributed by atoms with van der Waals surface area (Å²) in [4.78, 5) is 4.55. The minimum atomic E-state index is -0.459. The van der Waals surface area contributed by atoms with Crippen LogP contribution < -0.4 is 9.47 Å². The molecule has 1 heterocycles. The molecule has 4 rings (SSSR count). The first kappa shape index (κ1) is 15.8. The van der Waals surface area contributed by atoms with Crippen molar-refractivity contribution in [3.8, 4) is 17.1 Å². The maximum absolute atomic E-state index is 13.6. The third kappa shape index (κ3) is 2.90. The molecular weight excluding hydrogens is 319 g/mol. The third-order valence-corrected chi connectivity index (χ3v) is 4.76. The minimum Gasteiger partial charge on any atom is -0.618 e. The molecule has 2 aromatic carbocycles. The molecule has 0 amide bonds. The highest BCUT2D eigenvalue weighted by Gasteiger charge is 2.27. The highest BCUT2D eigenvalue weighted by atomic mass is 19.1. The van der Waals surface area contributed by atoms with Crippen molar-refractivity contribution in [3.63, 3.8) is 0 Å². The van der Waals surface area contributed by atoms with Gasteiger partial charge in [-0.3, -0.25) is 0 Å². The highest BCUT2D eigenvalue weighted by Crippen LogP contribution is 2.32. The fourth-order valence-corrected chi connectivity index (χ4v) is 3.43. The second-order valence-electron chi connectivity index (χ2n) is 6.53. The summed E-state index contributed by atoms with van der Waals surface area (Å²) in [7, 11) is 0. The van der Waals surface area contributed by atoms with E-state index < -0.39 is 5.82 Å². The lowest BCUT2D eigenvalue weighted by Crippen LogP contribution is -2.32. The molecule has 0 saturated heterocycles. The molecule has 1 aromatic heterocycles. The highest BCUT2D eigenvalue weighted by molar-refractivity contribution is 5.76. The Morgan fingerprint density at radius 3 is 2.68 bits per heavy atom. The summed E-state index contributed by atoms with van der Waals surface area (Å²) in [5, 5.41) is 13.1. The van der Waals surface area contributed by atoms with Gasteiger partial charge in [-0.2, -0.15) is 4.73 Å². The zero-order valence-electron chi connectivity index (χ0n) is 14.0. The van der Waals surface area contributed by atoms with Gasteiger partial charge in [0, 0.05) is 6.07 Å².